The lowest BCUT2D eigenvalue weighted by atomic mass is 9.92. The van der Waals surface area contributed by atoms with Crippen LogP contribution in [0.25, 0.3) is 0 Å². The van der Waals surface area contributed by atoms with Crippen molar-refractivity contribution >= 4 is 0 Å². The van der Waals surface area contributed by atoms with Crippen LogP contribution in [0.3, 0.4) is 0 Å². The molecule has 2 rings (SSSR count). The van der Waals surface area contributed by atoms with Gasteiger partial charge in [-0.2, -0.15) is 0 Å². The van der Waals surface area contributed by atoms with Crippen LogP contribution in [-0.4, -0.2) is 33.5 Å². The smallest absolute Gasteiger partial charge is 0.161 e. The van der Waals surface area contributed by atoms with Crippen LogP contribution in [0.2, 0.25) is 0 Å². The van der Waals surface area contributed by atoms with Crippen molar-refractivity contribution in [1.82, 2.24) is 5.32 Å². The van der Waals surface area contributed by atoms with Gasteiger partial charge in [0.2, 0.25) is 0 Å². The van der Waals surface area contributed by atoms with Crippen molar-refractivity contribution in [3.8, 4) is 11.5 Å². The van der Waals surface area contributed by atoms with E-state index < -0.39 is 0 Å². The molecule has 0 aromatic heterocycles. The Morgan fingerprint density at radius 2 is 1.80 bits per heavy atom. The van der Waals surface area contributed by atoms with E-state index in [2.05, 4.69) is 11.4 Å². The van der Waals surface area contributed by atoms with Crippen molar-refractivity contribution in [3.05, 3.63) is 23.8 Å². The molecule has 112 valence electrons. The van der Waals surface area contributed by atoms with Crippen molar-refractivity contribution in [2.24, 2.45) is 0 Å². The largest absolute Gasteiger partial charge is 0.493 e. The number of ether oxygens (including phenoxy) is 3. The number of nitrogens with one attached hydrogen (secondary N) is 1. The van der Waals surface area contributed by atoms with Crippen molar-refractivity contribution in [1.29, 1.82) is 0 Å². The predicted molar refractivity (Wildman–Crippen MR) is 79.4 cm³/mol. The monoisotopic (exact) mass is 279 g/mol. The minimum atomic E-state index is 0.337. The van der Waals surface area contributed by atoms with Gasteiger partial charge in [-0.15, -0.1) is 0 Å². The van der Waals surface area contributed by atoms with E-state index in [9.17, 15) is 0 Å². The van der Waals surface area contributed by atoms with Gasteiger partial charge in [-0.3, -0.25) is 0 Å². The van der Waals surface area contributed by atoms with E-state index in [1.54, 1.807) is 21.3 Å². The molecule has 1 saturated carbocycles. The van der Waals surface area contributed by atoms with E-state index in [1.807, 2.05) is 12.1 Å². The van der Waals surface area contributed by atoms with Gasteiger partial charge in [0.15, 0.2) is 11.5 Å². The van der Waals surface area contributed by atoms with E-state index in [4.69, 9.17) is 14.2 Å². The molecule has 1 aliphatic rings. The van der Waals surface area contributed by atoms with Crippen molar-refractivity contribution in [2.75, 3.05) is 21.3 Å². The molecule has 0 spiro atoms. The van der Waals surface area contributed by atoms with E-state index in [0.717, 1.165) is 24.5 Å². The molecule has 4 heteroatoms. The Bertz CT molecular complexity index is 422. The second kappa shape index (κ2) is 7.50. The fraction of sp³-hybridized carbons (Fsp3) is 0.625. The predicted octanol–water partition coefficient (Wildman–Crippen LogP) is 2.75. The number of methoxy groups -OCH3 is 3. The third kappa shape index (κ3) is 3.64. The first-order valence-electron chi connectivity index (χ1n) is 7.25. The molecule has 2 atom stereocenters. The molecule has 0 saturated heterocycles. The third-order valence-electron chi connectivity index (χ3n) is 4.02. The fourth-order valence-corrected chi connectivity index (χ4v) is 2.85. The lowest BCUT2D eigenvalue weighted by Gasteiger charge is -2.31. The summed E-state index contributed by atoms with van der Waals surface area (Å²) in [6, 6.07) is 6.49. The van der Waals surface area contributed by atoms with Crippen LogP contribution in [0.4, 0.5) is 0 Å². The highest BCUT2D eigenvalue weighted by atomic mass is 16.5. The Labute approximate surface area is 121 Å². The molecule has 0 amide bonds. The molecule has 0 heterocycles. The van der Waals surface area contributed by atoms with Crippen LogP contribution in [0.15, 0.2) is 18.2 Å². The van der Waals surface area contributed by atoms with Crippen LogP contribution >= 0.6 is 0 Å². The summed E-state index contributed by atoms with van der Waals surface area (Å²) in [6.07, 6.45) is 5.23. The summed E-state index contributed by atoms with van der Waals surface area (Å²) in [7, 11) is 5.12. The van der Waals surface area contributed by atoms with Crippen LogP contribution in [-0.2, 0) is 11.3 Å². The van der Waals surface area contributed by atoms with Gasteiger partial charge in [-0.25, -0.2) is 0 Å². The van der Waals surface area contributed by atoms with Crippen LogP contribution in [0.5, 0.6) is 11.5 Å². The zero-order chi connectivity index (χ0) is 14.4. The first-order valence-corrected chi connectivity index (χ1v) is 7.25. The maximum Gasteiger partial charge on any atom is 0.161 e. The Kier molecular flexibility index (Phi) is 5.68. The maximum absolute atomic E-state index is 5.57. The molecule has 0 bridgehead atoms. The SMILES string of the molecule is COc1ccc(CN[C@@H]2CCCC[C@H]2OC)cc1OC. The molecular formula is C16H25NO3. The molecule has 1 aliphatic carbocycles. The zero-order valence-electron chi connectivity index (χ0n) is 12.6. The van der Waals surface area contributed by atoms with Gasteiger partial charge in [0.25, 0.3) is 0 Å². The normalized spacial score (nSPS) is 22.6. The quantitative estimate of drug-likeness (QED) is 0.869. The molecule has 0 unspecified atom stereocenters. The molecule has 1 fully saturated rings. The molecule has 0 radical (unpaired) electrons. The third-order valence-corrected chi connectivity index (χ3v) is 4.02. The first kappa shape index (κ1) is 15.1. The molecule has 1 N–H and O–H groups in total. The number of benzene rings is 1. The fourth-order valence-electron chi connectivity index (χ4n) is 2.85. The summed E-state index contributed by atoms with van der Waals surface area (Å²) in [5.41, 5.74) is 1.20. The second-order valence-corrected chi connectivity index (χ2v) is 5.24. The minimum Gasteiger partial charge on any atom is -0.493 e. The number of rotatable bonds is 6. The van der Waals surface area contributed by atoms with Crippen molar-refractivity contribution < 1.29 is 14.2 Å². The Hall–Kier alpha value is -1.26. The molecule has 1 aromatic carbocycles. The average Bonchev–Trinajstić information content (AvgIpc) is 2.52. The molecule has 4 nitrogen and oxygen atoms in total. The minimum absolute atomic E-state index is 0.337. The van der Waals surface area contributed by atoms with E-state index in [1.165, 1.54) is 24.8 Å². The highest BCUT2D eigenvalue weighted by molar-refractivity contribution is 5.42. The van der Waals surface area contributed by atoms with Gasteiger partial charge in [0.1, 0.15) is 0 Å². The summed E-state index contributed by atoms with van der Waals surface area (Å²) in [5, 5.41) is 3.61. The Morgan fingerprint density at radius 3 is 2.50 bits per heavy atom. The summed E-state index contributed by atoms with van der Waals surface area (Å²) in [4.78, 5) is 0. The van der Waals surface area contributed by atoms with Gasteiger partial charge in [-0.1, -0.05) is 18.9 Å². The van der Waals surface area contributed by atoms with Gasteiger partial charge in [0.05, 0.1) is 20.3 Å². The summed E-state index contributed by atoms with van der Waals surface area (Å²) < 4.78 is 16.2. The highest BCUT2D eigenvalue weighted by Gasteiger charge is 2.24. The average molecular weight is 279 g/mol. The van der Waals surface area contributed by atoms with Crippen LogP contribution in [0.1, 0.15) is 31.2 Å². The van der Waals surface area contributed by atoms with Crippen LogP contribution < -0.4 is 14.8 Å². The molecule has 1 aromatic rings. The number of hydrogen-bond donors (Lipinski definition) is 1. The highest BCUT2D eigenvalue weighted by Crippen LogP contribution is 2.28. The lowest BCUT2D eigenvalue weighted by molar-refractivity contribution is 0.0413. The summed E-state index contributed by atoms with van der Waals surface area (Å²) in [6.45, 7) is 0.824. The van der Waals surface area contributed by atoms with E-state index in [-0.39, 0.29) is 0 Å². The van der Waals surface area contributed by atoms with E-state index >= 15 is 0 Å². The zero-order valence-corrected chi connectivity index (χ0v) is 12.6. The molecular weight excluding hydrogens is 254 g/mol. The lowest BCUT2D eigenvalue weighted by Crippen LogP contribution is -2.42. The Morgan fingerprint density at radius 1 is 1.05 bits per heavy atom. The van der Waals surface area contributed by atoms with Gasteiger partial charge in [-0.05, 0) is 30.5 Å². The van der Waals surface area contributed by atoms with Crippen LogP contribution in [0, 0.1) is 0 Å². The standard InChI is InChI=1S/C16H25NO3/c1-18-14-7-5-4-6-13(14)17-11-12-8-9-15(19-2)16(10-12)20-3/h8-10,13-14,17H,4-7,11H2,1-3H3/t13-,14-/m1/s1. The number of hydrogen-bond acceptors (Lipinski definition) is 4. The van der Waals surface area contributed by atoms with Gasteiger partial charge < -0.3 is 19.5 Å². The molecule has 20 heavy (non-hydrogen) atoms. The second-order valence-electron chi connectivity index (χ2n) is 5.24. The van der Waals surface area contributed by atoms with Gasteiger partial charge in [0, 0.05) is 19.7 Å². The van der Waals surface area contributed by atoms with E-state index in [0.29, 0.717) is 12.1 Å². The van der Waals surface area contributed by atoms with Crippen molar-refractivity contribution in [2.45, 2.75) is 44.4 Å². The van der Waals surface area contributed by atoms with Crippen molar-refractivity contribution in [3.63, 3.8) is 0 Å². The topological polar surface area (TPSA) is 39.7 Å². The summed E-state index contributed by atoms with van der Waals surface area (Å²) >= 11 is 0. The molecule has 0 aliphatic heterocycles. The first-order chi connectivity index (χ1) is 9.78. The Balaban J connectivity index is 1.96. The maximum atomic E-state index is 5.57. The summed E-state index contributed by atoms with van der Waals surface area (Å²) in [5.74, 6) is 1.54. The van der Waals surface area contributed by atoms with Gasteiger partial charge >= 0.3 is 0 Å².